The number of nitrogens with one attached hydrogen (secondary N) is 1. The summed E-state index contributed by atoms with van der Waals surface area (Å²) in [5.41, 5.74) is 6.91. The fraction of sp³-hybridized carbons (Fsp3) is 0.0769. The van der Waals surface area contributed by atoms with Gasteiger partial charge in [-0.25, -0.2) is 9.37 Å². The molecule has 0 spiro atoms. The van der Waals surface area contributed by atoms with Crippen LogP contribution in [0, 0.1) is 12.7 Å². The number of amides is 1. The number of rotatable bonds is 2. The van der Waals surface area contributed by atoms with Crippen LogP contribution in [0.5, 0.6) is 0 Å². The van der Waals surface area contributed by atoms with Gasteiger partial charge >= 0.3 is 0 Å². The minimum atomic E-state index is -0.400. The number of nitrogen functional groups attached to an aromatic ring is 1. The Morgan fingerprint density at radius 3 is 2.75 bits per heavy atom. The van der Waals surface area contributed by atoms with Crippen LogP contribution in [-0.2, 0) is 0 Å². The lowest BCUT2D eigenvalue weighted by Gasteiger charge is -2.10. The fourth-order valence-electron chi connectivity index (χ4n) is 1.62. The highest BCUT2D eigenvalue weighted by atomic mass is 79.9. The number of pyridine rings is 1. The molecule has 0 fully saturated rings. The number of carbonyl (C=O) groups is 1. The Morgan fingerprint density at radius 2 is 2.10 bits per heavy atom. The molecule has 1 amide bonds. The summed E-state index contributed by atoms with van der Waals surface area (Å²) in [5, 5.41) is 2.80. The quantitative estimate of drug-likeness (QED) is 0.803. The molecule has 1 heterocycles. The Hall–Kier alpha value is -1.66. The standard InChI is InChI=1S/C13H10BrClFN3O/c1-6-2-9(16)8(14)5-10(6)18-13(20)7-3-11(15)19-12(17)4-7/h2-5H,1H3,(H2,17,19)(H,18,20). The molecule has 0 saturated heterocycles. The van der Waals surface area contributed by atoms with E-state index in [0.717, 1.165) is 0 Å². The molecule has 0 saturated carbocycles. The fourth-order valence-corrected chi connectivity index (χ4v) is 2.18. The van der Waals surface area contributed by atoms with Crippen molar-refractivity contribution in [1.29, 1.82) is 0 Å². The highest BCUT2D eigenvalue weighted by Crippen LogP contribution is 2.25. The number of nitrogens with two attached hydrogens (primary N) is 1. The van der Waals surface area contributed by atoms with E-state index in [1.807, 2.05) is 0 Å². The van der Waals surface area contributed by atoms with Crippen molar-refractivity contribution in [2.24, 2.45) is 0 Å². The molecule has 0 aliphatic carbocycles. The molecule has 0 aliphatic heterocycles. The van der Waals surface area contributed by atoms with Crippen molar-refractivity contribution in [2.45, 2.75) is 6.92 Å². The molecular formula is C13H10BrClFN3O. The van der Waals surface area contributed by atoms with Crippen LogP contribution in [0.15, 0.2) is 28.7 Å². The molecule has 0 unspecified atom stereocenters. The van der Waals surface area contributed by atoms with E-state index in [4.69, 9.17) is 17.3 Å². The maximum absolute atomic E-state index is 13.3. The number of aromatic nitrogens is 1. The van der Waals surface area contributed by atoms with Crippen molar-refractivity contribution in [3.05, 3.63) is 50.8 Å². The van der Waals surface area contributed by atoms with Gasteiger partial charge in [0.25, 0.3) is 5.91 Å². The third-order valence-corrected chi connectivity index (χ3v) is 3.39. The summed E-state index contributed by atoms with van der Waals surface area (Å²) in [5.74, 6) is -0.640. The zero-order chi connectivity index (χ0) is 14.9. The molecule has 1 aromatic carbocycles. The highest BCUT2D eigenvalue weighted by Gasteiger charge is 2.12. The molecule has 0 radical (unpaired) electrons. The summed E-state index contributed by atoms with van der Waals surface area (Å²) in [6.07, 6.45) is 0. The van der Waals surface area contributed by atoms with Crippen molar-refractivity contribution >= 4 is 44.9 Å². The highest BCUT2D eigenvalue weighted by molar-refractivity contribution is 9.10. The molecule has 0 atom stereocenters. The summed E-state index contributed by atoms with van der Waals surface area (Å²) in [6, 6.07) is 5.64. The maximum atomic E-state index is 13.3. The molecule has 7 heteroatoms. The van der Waals surface area contributed by atoms with Crippen molar-refractivity contribution in [1.82, 2.24) is 4.98 Å². The van der Waals surface area contributed by atoms with Crippen LogP contribution >= 0.6 is 27.5 Å². The summed E-state index contributed by atoms with van der Waals surface area (Å²) in [6.45, 7) is 1.69. The third kappa shape index (κ3) is 3.26. The predicted octanol–water partition coefficient (Wildman–Crippen LogP) is 3.78. The Morgan fingerprint density at radius 1 is 1.40 bits per heavy atom. The number of nitrogens with zero attached hydrogens (tertiary/aromatic N) is 1. The Balaban J connectivity index is 2.30. The number of anilines is 2. The predicted molar refractivity (Wildman–Crippen MR) is 80.4 cm³/mol. The smallest absolute Gasteiger partial charge is 0.255 e. The Kier molecular flexibility index (Phi) is 4.25. The topological polar surface area (TPSA) is 68.0 Å². The van der Waals surface area contributed by atoms with E-state index in [9.17, 15) is 9.18 Å². The van der Waals surface area contributed by atoms with Crippen molar-refractivity contribution < 1.29 is 9.18 Å². The lowest BCUT2D eigenvalue weighted by atomic mass is 10.1. The average Bonchev–Trinajstić information content (AvgIpc) is 2.34. The van der Waals surface area contributed by atoms with Crippen molar-refractivity contribution in [3.8, 4) is 0 Å². The summed E-state index contributed by atoms with van der Waals surface area (Å²) < 4.78 is 13.6. The molecule has 104 valence electrons. The van der Waals surface area contributed by atoms with Gasteiger partial charge in [-0.15, -0.1) is 0 Å². The minimum absolute atomic E-state index is 0.132. The first-order valence-corrected chi connectivity index (χ1v) is 6.74. The molecule has 1 aromatic heterocycles. The average molecular weight is 359 g/mol. The second-order valence-corrected chi connectivity index (χ2v) is 5.38. The van der Waals surface area contributed by atoms with Crippen LogP contribution in [0.4, 0.5) is 15.9 Å². The second-order valence-electron chi connectivity index (χ2n) is 4.14. The number of aryl methyl sites for hydroxylation is 1. The molecule has 3 N–H and O–H groups in total. The molecule has 2 rings (SSSR count). The van der Waals surface area contributed by atoms with Crippen molar-refractivity contribution in [2.75, 3.05) is 11.1 Å². The third-order valence-electron chi connectivity index (χ3n) is 2.59. The zero-order valence-corrected chi connectivity index (χ0v) is 12.7. The van der Waals surface area contributed by atoms with Crippen LogP contribution in [0.2, 0.25) is 5.15 Å². The molecule has 2 aromatic rings. The monoisotopic (exact) mass is 357 g/mol. The van der Waals surface area contributed by atoms with Gasteiger partial charge in [0, 0.05) is 11.3 Å². The molecule has 20 heavy (non-hydrogen) atoms. The van der Waals surface area contributed by atoms with E-state index in [-0.39, 0.29) is 21.0 Å². The van der Waals surface area contributed by atoms with Gasteiger partial charge in [-0.3, -0.25) is 4.79 Å². The minimum Gasteiger partial charge on any atom is -0.384 e. The normalized spacial score (nSPS) is 10.4. The van der Waals surface area contributed by atoms with Crippen LogP contribution in [0.1, 0.15) is 15.9 Å². The number of benzene rings is 1. The number of hydrogen-bond donors (Lipinski definition) is 2. The van der Waals surface area contributed by atoms with Gasteiger partial charge in [0.2, 0.25) is 0 Å². The largest absolute Gasteiger partial charge is 0.384 e. The summed E-state index contributed by atoms with van der Waals surface area (Å²) >= 11 is 8.82. The molecule has 0 aliphatic rings. The van der Waals surface area contributed by atoms with E-state index in [1.54, 1.807) is 6.92 Å². The van der Waals surface area contributed by atoms with Crippen LogP contribution < -0.4 is 11.1 Å². The zero-order valence-electron chi connectivity index (χ0n) is 10.4. The van der Waals surface area contributed by atoms with Gasteiger partial charge < -0.3 is 11.1 Å². The Bertz CT molecular complexity index is 673. The lowest BCUT2D eigenvalue weighted by Crippen LogP contribution is -2.13. The van der Waals surface area contributed by atoms with E-state index in [0.29, 0.717) is 11.3 Å². The van der Waals surface area contributed by atoms with Crippen LogP contribution in [0.25, 0.3) is 0 Å². The first-order chi connectivity index (χ1) is 9.36. The Labute approximate surface area is 128 Å². The molecule has 0 bridgehead atoms. The first-order valence-electron chi connectivity index (χ1n) is 5.57. The van der Waals surface area contributed by atoms with Crippen molar-refractivity contribution in [3.63, 3.8) is 0 Å². The van der Waals surface area contributed by atoms with Gasteiger partial charge in [0.1, 0.15) is 16.8 Å². The van der Waals surface area contributed by atoms with E-state index < -0.39 is 11.7 Å². The first kappa shape index (κ1) is 14.7. The van der Waals surface area contributed by atoms with Gasteiger partial charge in [-0.1, -0.05) is 11.6 Å². The summed E-state index contributed by atoms with van der Waals surface area (Å²) in [4.78, 5) is 15.9. The lowest BCUT2D eigenvalue weighted by molar-refractivity contribution is 0.102. The van der Waals surface area contributed by atoms with Gasteiger partial charge in [-0.2, -0.15) is 0 Å². The summed E-state index contributed by atoms with van der Waals surface area (Å²) in [7, 11) is 0. The molecule has 4 nitrogen and oxygen atoms in total. The SMILES string of the molecule is Cc1cc(F)c(Br)cc1NC(=O)c1cc(N)nc(Cl)c1. The number of halogens is 3. The van der Waals surface area contributed by atoms with E-state index in [1.165, 1.54) is 24.3 Å². The number of carbonyl (C=O) groups excluding carboxylic acids is 1. The van der Waals surface area contributed by atoms with Crippen LogP contribution in [-0.4, -0.2) is 10.9 Å². The van der Waals surface area contributed by atoms with Gasteiger partial charge in [0.05, 0.1) is 4.47 Å². The van der Waals surface area contributed by atoms with Crippen LogP contribution in [0.3, 0.4) is 0 Å². The maximum Gasteiger partial charge on any atom is 0.255 e. The second kappa shape index (κ2) is 5.76. The van der Waals surface area contributed by atoms with Gasteiger partial charge in [-0.05, 0) is 52.7 Å². The van der Waals surface area contributed by atoms with E-state index in [2.05, 4.69) is 26.2 Å². The van der Waals surface area contributed by atoms with E-state index >= 15 is 0 Å². The molecular weight excluding hydrogens is 349 g/mol. The van der Waals surface area contributed by atoms with Gasteiger partial charge in [0.15, 0.2) is 0 Å². The number of hydrogen-bond acceptors (Lipinski definition) is 3.